The number of carbonyl (C=O) groups is 3. The monoisotopic (exact) mass is 523 g/mol. The van der Waals surface area contributed by atoms with Crippen LogP contribution in [0.15, 0.2) is 57.6 Å². The molecule has 0 saturated carbocycles. The van der Waals surface area contributed by atoms with E-state index in [1.54, 1.807) is 17.9 Å². The minimum atomic E-state index is -1.17. The van der Waals surface area contributed by atoms with Crippen molar-refractivity contribution in [2.45, 2.75) is 38.1 Å². The lowest BCUT2D eigenvalue weighted by atomic mass is 9.99. The third-order valence-electron chi connectivity index (χ3n) is 6.55. The number of amides is 2. The number of aliphatic carboxylic acids is 1. The molecular formula is C26H25N3O5S2. The molecule has 1 aromatic carbocycles. The fraction of sp³-hybridized carbons (Fsp3) is 0.308. The quantitative estimate of drug-likeness (QED) is 0.327. The molecule has 1 atom stereocenters. The van der Waals surface area contributed by atoms with Gasteiger partial charge < -0.3 is 14.4 Å². The second kappa shape index (κ2) is 9.87. The van der Waals surface area contributed by atoms with Gasteiger partial charge in [-0.15, -0.1) is 22.7 Å². The predicted octanol–water partition coefficient (Wildman–Crippen LogP) is 5.51. The maximum Gasteiger partial charge on any atom is 0.329 e. The van der Waals surface area contributed by atoms with Gasteiger partial charge in [-0.1, -0.05) is 24.3 Å². The van der Waals surface area contributed by atoms with Crippen molar-refractivity contribution in [2.24, 2.45) is 0 Å². The molecule has 0 bridgehead atoms. The fourth-order valence-electron chi connectivity index (χ4n) is 4.54. The first-order valence-electron chi connectivity index (χ1n) is 11.7. The highest BCUT2D eigenvalue weighted by molar-refractivity contribution is 7.14. The predicted molar refractivity (Wildman–Crippen MR) is 140 cm³/mol. The van der Waals surface area contributed by atoms with Crippen LogP contribution in [-0.4, -0.2) is 51.4 Å². The Labute approximate surface area is 215 Å². The van der Waals surface area contributed by atoms with Gasteiger partial charge in [-0.05, 0) is 49.8 Å². The molecule has 1 N–H and O–H groups in total. The zero-order chi connectivity index (χ0) is 25.3. The molecule has 1 unspecified atom stereocenters. The van der Waals surface area contributed by atoms with Gasteiger partial charge in [-0.2, -0.15) is 0 Å². The Morgan fingerprint density at radius 1 is 1.19 bits per heavy atom. The van der Waals surface area contributed by atoms with Gasteiger partial charge in [0.15, 0.2) is 10.9 Å². The van der Waals surface area contributed by atoms with Gasteiger partial charge in [-0.25, -0.2) is 9.78 Å². The number of thiophene rings is 1. The van der Waals surface area contributed by atoms with Crippen molar-refractivity contribution in [3.63, 3.8) is 0 Å². The van der Waals surface area contributed by atoms with Crippen LogP contribution in [0.1, 0.15) is 42.3 Å². The van der Waals surface area contributed by atoms with E-state index in [4.69, 9.17) is 4.42 Å². The van der Waals surface area contributed by atoms with Gasteiger partial charge in [0.1, 0.15) is 16.8 Å². The molecule has 0 aliphatic carbocycles. The van der Waals surface area contributed by atoms with Crippen LogP contribution in [0.5, 0.6) is 0 Å². The first-order chi connectivity index (χ1) is 17.4. The molecule has 0 radical (unpaired) electrons. The Balaban J connectivity index is 1.33. The van der Waals surface area contributed by atoms with E-state index in [1.165, 1.54) is 27.6 Å². The Morgan fingerprint density at radius 3 is 2.78 bits per heavy atom. The number of carbonyl (C=O) groups excluding carboxylic acids is 2. The summed E-state index contributed by atoms with van der Waals surface area (Å²) in [7, 11) is 0. The van der Waals surface area contributed by atoms with Crippen molar-refractivity contribution < 1.29 is 23.9 Å². The van der Waals surface area contributed by atoms with Gasteiger partial charge in [-0.3, -0.25) is 14.5 Å². The van der Waals surface area contributed by atoms with Crippen molar-refractivity contribution in [1.29, 1.82) is 0 Å². The molecule has 36 heavy (non-hydrogen) atoms. The van der Waals surface area contributed by atoms with E-state index in [0.29, 0.717) is 47.3 Å². The molecule has 5 rings (SSSR count). The van der Waals surface area contributed by atoms with Crippen molar-refractivity contribution in [1.82, 2.24) is 9.88 Å². The van der Waals surface area contributed by atoms with Crippen molar-refractivity contribution in [2.75, 3.05) is 18.0 Å². The number of rotatable bonds is 8. The molecule has 1 saturated heterocycles. The smallest absolute Gasteiger partial charge is 0.329 e. The zero-order valence-electron chi connectivity index (χ0n) is 19.7. The van der Waals surface area contributed by atoms with E-state index < -0.39 is 11.5 Å². The van der Waals surface area contributed by atoms with Gasteiger partial charge in [0.25, 0.3) is 5.91 Å². The third kappa shape index (κ3) is 4.54. The number of thiazole rings is 1. The minimum Gasteiger partial charge on any atom is -0.480 e. The lowest BCUT2D eigenvalue weighted by Gasteiger charge is -2.31. The SMILES string of the molecule is CC1(C(=O)O)CCCN1C(=O)CCCN(C(=O)c1cccs1)c1nc(-c2cc3ccccc3o2)cs1. The number of carboxylic acids is 1. The second-order valence-electron chi connectivity index (χ2n) is 8.93. The topological polar surface area (TPSA) is 104 Å². The van der Waals surface area contributed by atoms with Crippen LogP contribution in [0.2, 0.25) is 0 Å². The maximum atomic E-state index is 13.3. The number of fused-ring (bicyclic) bond motifs is 1. The molecular weight excluding hydrogens is 498 g/mol. The lowest BCUT2D eigenvalue weighted by molar-refractivity contribution is -0.155. The molecule has 4 heterocycles. The molecule has 10 heteroatoms. The number of nitrogens with zero attached hydrogens (tertiary/aromatic N) is 3. The van der Waals surface area contributed by atoms with Crippen LogP contribution >= 0.6 is 22.7 Å². The minimum absolute atomic E-state index is 0.152. The Bertz CT molecular complexity index is 1380. The molecule has 1 aliphatic heterocycles. The summed E-state index contributed by atoms with van der Waals surface area (Å²) in [5.41, 5.74) is 0.239. The molecule has 3 aromatic heterocycles. The number of likely N-dealkylation sites (tertiary alicyclic amines) is 1. The highest BCUT2D eigenvalue weighted by atomic mass is 32.1. The van der Waals surface area contributed by atoms with E-state index >= 15 is 0 Å². The summed E-state index contributed by atoms with van der Waals surface area (Å²) >= 11 is 2.69. The van der Waals surface area contributed by atoms with Crippen LogP contribution in [-0.2, 0) is 9.59 Å². The van der Waals surface area contributed by atoms with Crippen molar-refractivity contribution in [3.05, 3.63) is 58.1 Å². The largest absolute Gasteiger partial charge is 0.480 e. The molecule has 1 fully saturated rings. The van der Waals surface area contributed by atoms with Gasteiger partial charge >= 0.3 is 5.97 Å². The van der Waals surface area contributed by atoms with Crippen LogP contribution in [0.25, 0.3) is 22.4 Å². The van der Waals surface area contributed by atoms with Crippen LogP contribution in [0.3, 0.4) is 0 Å². The zero-order valence-corrected chi connectivity index (χ0v) is 21.3. The Kier molecular flexibility index (Phi) is 6.63. The molecule has 186 valence electrons. The first-order valence-corrected chi connectivity index (χ1v) is 13.5. The molecule has 8 nitrogen and oxygen atoms in total. The summed E-state index contributed by atoms with van der Waals surface area (Å²) in [4.78, 5) is 46.3. The fourth-order valence-corrected chi connectivity index (χ4v) is 6.05. The molecule has 1 aliphatic rings. The summed E-state index contributed by atoms with van der Waals surface area (Å²) < 4.78 is 5.93. The van der Waals surface area contributed by atoms with Gasteiger partial charge in [0.05, 0.1) is 4.88 Å². The third-order valence-corrected chi connectivity index (χ3v) is 8.27. The average Bonchev–Trinajstić information content (AvgIpc) is 3.66. The number of aromatic nitrogens is 1. The number of benzene rings is 1. The second-order valence-corrected chi connectivity index (χ2v) is 10.7. The van der Waals surface area contributed by atoms with E-state index in [-0.39, 0.29) is 24.8 Å². The summed E-state index contributed by atoms with van der Waals surface area (Å²) in [5.74, 6) is -0.745. The number of furan rings is 1. The van der Waals surface area contributed by atoms with Crippen LogP contribution in [0, 0.1) is 0 Å². The summed E-state index contributed by atoms with van der Waals surface area (Å²) in [5, 5.41) is 14.8. The highest BCUT2D eigenvalue weighted by Gasteiger charge is 2.45. The summed E-state index contributed by atoms with van der Waals surface area (Å²) in [6.07, 6.45) is 1.66. The molecule has 4 aromatic rings. The van der Waals surface area contributed by atoms with E-state index in [0.717, 1.165) is 11.0 Å². The van der Waals surface area contributed by atoms with Gasteiger partial charge in [0, 0.05) is 30.3 Å². The van der Waals surface area contributed by atoms with Crippen molar-refractivity contribution >= 4 is 56.6 Å². The molecule has 0 spiro atoms. The standard InChI is InChI=1S/C26H25N3O5S2/c1-26(24(32)33)11-6-13-29(26)22(30)10-4-12-28(23(31)21-9-5-14-35-21)25-27-18(16-36-25)20-15-17-7-2-3-8-19(17)34-20/h2-3,5,7-9,14-16H,4,6,10-13H2,1H3,(H,32,33). The summed E-state index contributed by atoms with van der Waals surface area (Å²) in [6.45, 7) is 2.32. The number of carboxylic acid groups (broad SMARTS) is 1. The lowest BCUT2D eigenvalue weighted by Crippen LogP contribution is -2.50. The summed E-state index contributed by atoms with van der Waals surface area (Å²) in [6, 6.07) is 13.2. The number of anilines is 1. The van der Waals surface area contributed by atoms with Crippen LogP contribution < -0.4 is 4.90 Å². The number of hydrogen-bond donors (Lipinski definition) is 1. The maximum absolute atomic E-state index is 13.3. The normalized spacial score (nSPS) is 17.5. The molecule has 2 amide bonds. The van der Waals surface area contributed by atoms with E-state index in [2.05, 4.69) is 4.98 Å². The number of hydrogen-bond acceptors (Lipinski definition) is 7. The number of para-hydroxylation sites is 1. The van der Waals surface area contributed by atoms with Crippen LogP contribution in [0.4, 0.5) is 5.13 Å². The Hall–Kier alpha value is -3.50. The highest BCUT2D eigenvalue weighted by Crippen LogP contribution is 2.33. The van der Waals surface area contributed by atoms with Gasteiger partial charge in [0.2, 0.25) is 5.91 Å². The average molecular weight is 524 g/mol. The Morgan fingerprint density at radius 2 is 2.03 bits per heavy atom. The van der Waals surface area contributed by atoms with Crippen molar-refractivity contribution in [3.8, 4) is 11.5 Å². The van der Waals surface area contributed by atoms with E-state index in [9.17, 15) is 19.5 Å². The first kappa shape index (κ1) is 24.2. The van der Waals surface area contributed by atoms with E-state index in [1.807, 2.05) is 47.2 Å².